The summed E-state index contributed by atoms with van der Waals surface area (Å²) < 4.78 is 16.4. The molecule has 1 aliphatic heterocycles. The van der Waals surface area contributed by atoms with E-state index in [1.54, 1.807) is 19.2 Å². The highest BCUT2D eigenvalue weighted by molar-refractivity contribution is 7.85. The molecule has 1 heterocycles. The second-order valence-electron chi connectivity index (χ2n) is 4.09. The number of para-hydroxylation sites is 2. The number of urea groups is 1. The van der Waals surface area contributed by atoms with Gasteiger partial charge < -0.3 is 15.4 Å². The van der Waals surface area contributed by atoms with Gasteiger partial charge in [0.25, 0.3) is 0 Å². The summed E-state index contributed by atoms with van der Waals surface area (Å²) >= 11 is 0. The number of amides is 2. The standard InChI is InChI=1S/C12H16N2O3S/c1-17-11-5-3-2-4-10(11)14-12(15)13-9-6-7-18(16)8-9/h2-5,9H,6-8H2,1H3,(H2,13,14,15)/t9-,18-/m0/s1. The van der Waals surface area contributed by atoms with Crippen molar-refractivity contribution in [1.82, 2.24) is 5.32 Å². The maximum absolute atomic E-state index is 11.8. The number of anilines is 1. The largest absolute Gasteiger partial charge is 0.495 e. The molecule has 1 aromatic rings. The van der Waals surface area contributed by atoms with Crippen molar-refractivity contribution in [2.24, 2.45) is 0 Å². The molecule has 0 aliphatic carbocycles. The Morgan fingerprint density at radius 1 is 1.44 bits per heavy atom. The molecule has 2 rings (SSSR count). The van der Waals surface area contributed by atoms with Crippen LogP contribution in [0.2, 0.25) is 0 Å². The maximum atomic E-state index is 11.8. The third kappa shape index (κ3) is 3.22. The zero-order valence-corrected chi connectivity index (χ0v) is 11.0. The van der Waals surface area contributed by atoms with Crippen molar-refractivity contribution in [3.63, 3.8) is 0 Å². The van der Waals surface area contributed by atoms with E-state index in [0.29, 0.717) is 22.9 Å². The van der Waals surface area contributed by atoms with Crippen molar-refractivity contribution in [3.05, 3.63) is 24.3 Å². The fourth-order valence-electron chi connectivity index (χ4n) is 1.87. The van der Waals surface area contributed by atoms with Crippen molar-refractivity contribution in [1.29, 1.82) is 0 Å². The number of carbonyl (C=O) groups excluding carboxylic acids is 1. The first kappa shape index (κ1) is 12.9. The first-order valence-electron chi connectivity index (χ1n) is 5.74. The van der Waals surface area contributed by atoms with E-state index >= 15 is 0 Å². The van der Waals surface area contributed by atoms with Crippen molar-refractivity contribution >= 4 is 22.5 Å². The van der Waals surface area contributed by atoms with Gasteiger partial charge in [0.2, 0.25) is 0 Å². The molecule has 1 aromatic carbocycles. The molecule has 2 N–H and O–H groups in total. The Bertz CT molecular complexity index is 464. The van der Waals surface area contributed by atoms with Crippen molar-refractivity contribution in [2.75, 3.05) is 23.9 Å². The quantitative estimate of drug-likeness (QED) is 0.869. The number of nitrogens with one attached hydrogen (secondary N) is 2. The highest BCUT2D eigenvalue weighted by Gasteiger charge is 2.22. The molecule has 0 aromatic heterocycles. The highest BCUT2D eigenvalue weighted by atomic mass is 32.2. The monoisotopic (exact) mass is 268 g/mol. The molecule has 1 aliphatic rings. The number of carbonyl (C=O) groups is 1. The van der Waals surface area contributed by atoms with Crippen LogP contribution < -0.4 is 15.4 Å². The molecule has 2 amide bonds. The molecule has 5 nitrogen and oxygen atoms in total. The third-order valence-electron chi connectivity index (χ3n) is 2.77. The van der Waals surface area contributed by atoms with Crippen LogP contribution in [0.25, 0.3) is 0 Å². The minimum Gasteiger partial charge on any atom is -0.495 e. The van der Waals surface area contributed by atoms with Crippen LogP contribution in [0.15, 0.2) is 24.3 Å². The summed E-state index contributed by atoms with van der Waals surface area (Å²) in [4.78, 5) is 11.8. The summed E-state index contributed by atoms with van der Waals surface area (Å²) in [6.07, 6.45) is 0.770. The van der Waals surface area contributed by atoms with Gasteiger partial charge in [-0.15, -0.1) is 0 Å². The predicted molar refractivity (Wildman–Crippen MR) is 71.4 cm³/mol. The Morgan fingerprint density at radius 2 is 2.22 bits per heavy atom. The van der Waals surface area contributed by atoms with E-state index in [1.165, 1.54) is 0 Å². The first-order chi connectivity index (χ1) is 8.69. The lowest BCUT2D eigenvalue weighted by Gasteiger charge is -2.13. The maximum Gasteiger partial charge on any atom is 0.319 e. The van der Waals surface area contributed by atoms with Crippen LogP contribution >= 0.6 is 0 Å². The van der Waals surface area contributed by atoms with Gasteiger partial charge in [-0.05, 0) is 18.6 Å². The molecule has 0 unspecified atom stereocenters. The lowest BCUT2D eigenvalue weighted by molar-refractivity contribution is 0.249. The summed E-state index contributed by atoms with van der Waals surface area (Å²) in [5, 5.41) is 5.54. The van der Waals surface area contributed by atoms with E-state index in [1.807, 2.05) is 12.1 Å². The number of benzene rings is 1. The Hall–Kier alpha value is -1.56. The Balaban J connectivity index is 1.92. The van der Waals surface area contributed by atoms with Crippen LogP contribution in [0.4, 0.5) is 10.5 Å². The molecule has 0 radical (unpaired) electrons. The van der Waals surface area contributed by atoms with Crippen molar-refractivity contribution < 1.29 is 13.7 Å². The van der Waals surface area contributed by atoms with Gasteiger partial charge in [-0.1, -0.05) is 12.1 Å². The number of methoxy groups -OCH3 is 1. The first-order valence-corrected chi connectivity index (χ1v) is 7.23. The molecule has 0 spiro atoms. The Labute approximate surface area is 108 Å². The van der Waals surface area contributed by atoms with E-state index in [0.717, 1.165) is 6.42 Å². The fourth-order valence-corrected chi connectivity index (χ4v) is 3.28. The Morgan fingerprint density at radius 3 is 2.89 bits per heavy atom. The SMILES string of the molecule is COc1ccccc1NC(=O)N[C@H]1CC[S@](=O)C1. The van der Waals surface area contributed by atoms with E-state index < -0.39 is 10.8 Å². The summed E-state index contributed by atoms with van der Waals surface area (Å²) in [6.45, 7) is 0. The van der Waals surface area contributed by atoms with Crippen LogP contribution in [-0.2, 0) is 10.8 Å². The van der Waals surface area contributed by atoms with Crippen LogP contribution in [0.5, 0.6) is 5.75 Å². The Kier molecular flexibility index (Phi) is 4.19. The predicted octanol–water partition coefficient (Wildman–Crippen LogP) is 1.34. The van der Waals surface area contributed by atoms with Crippen LogP contribution in [0, 0.1) is 0 Å². The molecule has 2 atom stereocenters. The smallest absolute Gasteiger partial charge is 0.319 e. The number of hydrogen-bond acceptors (Lipinski definition) is 3. The van der Waals surface area contributed by atoms with Gasteiger partial charge in [0, 0.05) is 28.3 Å². The minimum atomic E-state index is -0.789. The highest BCUT2D eigenvalue weighted by Crippen LogP contribution is 2.22. The van der Waals surface area contributed by atoms with Gasteiger partial charge in [0.15, 0.2) is 0 Å². The molecular formula is C12H16N2O3S. The van der Waals surface area contributed by atoms with Gasteiger partial charge in [0.1, 0.15) is 5.75 Å². The summed E-state index contributed by atoms with van der Waals surface area (Å²) in [5.41, 5.74) is 0.622. The summed E-state index contributed by atoms with van der Waals surface area (Å²) in [6, 6.07) is 6.92. The van der Waals surface area contributed by atoms with Gasteiger partial charge in [0.05, 0.1) is 12.8 Å². The molecule has 98 valence electrons. The second-order valence-corrected chi connectivity index (χ2v) is 5.72. The number of ether oxygens (including phenoxy) is 1. The summed E-state index contributed by atoms with van der Waals surface area (Å²) in [5.74, 6) is 1.82. The van der Waals surface area contributed by atoms with Crippen LogP contribution in [0.1, 0.15) is 6.42 Å². The normalized spacial score (nSPS) is 22.5. The van der Waals surface area contributed by atoms with Crippen molar-refractivity contribution in [3.8, 4) is 5.75 Å². The fraction of sp³-hybridized carbons (Fsp3) is 0.417. The van der Waals surface area contributed by atoms with Gasteiger partial charge in [-0.2, -0.15) is 0 Å². The molecule has 0 bridgehead atoms. The van der Waals surface area contributed by atoms with E-state index in [9.17, 15) is 9.00 Å². The molecule has 1 saturated heterocycles. The van der Waals surface area contributed by atoms with E-state index in [2.05, 4.69) is 10.6 Å². The van der Waals surface area contributed by atoms with Gasteiger partial charge >= 0.3 is 6.03 Å². The summed E-state index contributed by atoms with van der Waals surface area (Å²) in [7, 11) is 0.765. The average molecular weight is 268 g/mol. The van der Waals surface area contributed by atoms with Crippen molar-refractivity contribution in [2.45, 2.75) is 12.5 Å². The number of rotatable bonds is 3. The van der Waals surface area contributed by atoms with Crippen LogP contribution in [-0.4, -0.2) is 34.9 Å². The molecule has 6 heteroatoms. The molecule has 1 fully saturated rings. The van der Waals surface area contributed by atoms with E-state index in [-0.39, 0.29) is 12.1 Å². The molecular weight excluding hydrogens is 252 g/mol. The van der Waals surface area contributed by atoms with E-state index in [4.69, 9.17) is 4.74 Å². The zero-order valence-electron chi connectivity index (χ0n) is 10.1. The average Bonchev–Trinajstić information content (AvgIpc) is 2.75. The second kappa shape index (κ2) is 5.86. The number of hydrogen-bond donors (Lipinski definition) is 2. The van der Waals surface area contributed by atoms with Crippen LogP contribution in [0.3, 0.4) is 0 Å². The molecule has 18 heavy (non-hydrogen) atoms. The van der Waals surface area contributed by atoms with Gasteiger partial charge in [-0.3, -0.25) is 4.21 Å². The third-order valence-corrected chi connectivity index (χ3v) is 4.24. The van der Waals surface area contributed by atoms with Gasteiger partial charge in [-0.25, -0.2) is 4.79 Å². The zero-order chi connectivity index (χ0) is 13.0. The lowest BCUT2D eigenvalue weighted by atomic mass is 10.2. The lowest BCUT2D eigenvalue weighted by Crippen LogP contribution is -2.38. The minimum absolute atomic E-state index is 0.000500. The molecule has 0 saturated carbocycles. The topological polar surface area (TPSA) is 67.4 Å².